The number of aromatic nitrogens is 1. The smallest absolute Gasteiger partial charge is 0.241 e. The minimum Gasteiger partial charge on any atom is -0.241 e. The zero-order chi connectivity index (χ0) is 18.9. The molecule has 0 aliphatic heterocycles. The van der Waals surface area contributed by atoms with Crippen molar-refractivity contribution in [2.24, 2.45) is 0 Å². The van der Waals surface area contributed by atoms with Gasteiger partial charge in [-0.1, -0.05) is 24.3 Å². The van der Waals surface area contributed by atoms with E-state index < -0.39 is 21.7 Å². The third kappa shape index (κ3) is 3.82. The Morgan fingerprint density at radius 1 is 1.08 bits per heavy atom. The molecule has 0 bridgehead atoms. The maximum Gasteiger partial charge on any atom is 0.241 e. The first kappa shape index (κ1) is 18.6. The second kappa shape index (κ2) is 7.22. The number of thiazole rings is 1. The zero-order valence-electron chi connectivity index (χ0n) is 14.1. The van der Waals surface area contributed by atoms with Gasteiger partial charge < -0.3 is 0 Å². The number of benzene rings is 2. The molecule has 1 heterocycles. The van der Waals surface area contributed by atoms with Gasteiger partial charge in [-0.15, -0.1) is 11.3 Å². The van der Waals surface area contributed by atoms with Crippen molar-refractivity contribution >= 4 is 21.4 Å². The normalized spacial score (nSPS) is 11.7. The van der Waals surface area contributed by atoms with E-state index in [9.17, 15) is 17.2 Å². The van der Waals surface area contributed by atoms with Crippen LogP contribution in [0.3, 0.4) is 0 Å². The molecule has 0 aliphatic carbocycles. The Bertz CT molecular complexity index is 1060. The number of hydrogen-bond donors (Lipinski definition) is 1. The fourth-order valence-electron chi connectivity index (χ4n) is 2.41. The standard InChI is InChI=1S/C18H16F2N2O2S2/c1-11-5-3-4-6-14(11)18-22-12(2)17(25-18)10-21-26(23,24)13-7-8-15(19)16(20)9-13/h3-9,21H,10H2,1-2H3. The summed E-state index contributed by atoms with van der Waals surface area (Å²) < 4.78 is 53.3. The summed E-state index contributed by atoms with van der Waals surface area (Å²) in [6.07, 6.45) is 0. The van der Waals surface area contributed by atoms with Gasteiger partial charge in [-0.3, -0.25) is 0 Å². The highest BCUT2D eigenvalue weighted by molar-refractivity contribution is 7.89. The van der Waals surface area contributed by atoms with Crippen LogP contribution in [-0.2, 0) is 16.6 Å². The van der Waals surface area contributed by atoms with Crippen LogP contribution in [0.1, 0.15) is 16.1 Å². The van der Waals surface area contributed by atoms with Gasteiger partial charge in [-0.25, -0.2) is 26.9 Å². The molecule has 26 heavy (non-hydrogen) atoms. The number of hydrogen-bond acceptors (Lipinski definition) is 4. The van der Waals surface area contributed by atoms with Crippen molar-refractivity contribution in [2.75, 3.05) is 0 Å². The molecule has 1 aromatic heterocycles. The average molecular weight is 394 g/mol. The van der Waals surface area contributed by atoms with Crippen LogP contribution in [0.25, 0.3) is 10.6 Å². The van der Waals surface area contributed by atoms with Crippen LogP contribution in [0, 0.1) is 25.5 Å². The van der Waals surface area contributed by atoms with Crippen LogP contribution in [0.5, 0.6) is 0 Å². The Labute approximate surface area is 154 Å². The number of nitrogens with one attached hydrogen (secondary N) is 1. The predicted molar refractivity (Wildman–Crippen MR) is 97.4 cm³/mol. The van der Waals surface area contributed by atoms with Gasteiger partial charge in [0.05, 0.1) is 10.6 Å². The third-order valence-electron chi connectivity index (χ3n) is 3.89. The summed E-state index contributed by atoms with van der Waals surface area (Å²) in [5.74, 6) is -2.30. The highest BCUT2D eigenvalue weighted by atomic mass is 32.2. The summed E-state index contributed by atoms with van der Waals surface area (Å²) in [5, 5.41) is 0.808. The van der Waals surface area contributed by atoms with Crippen LogP contribution in [-0.4, -0.2) is 13.4 Å². The van der Waals surface area contributed by atoms with Gasteiger partial charge in [0.25, 0.3) is 0 Å². The highest BCUT2D eigenvalue weighted by Gasteiger charge is 2.18. The summed E-state index contributed by atoms with van der Waals surface area (Å²) in [6.45, 7) is 3.81. The Morgan fingerprint density at radius 2 is 1.81 bits per heavy atom. The lowest BCUT2D eigenvalue weighted by atomic mass is 10.1. The van der Waals surface area contributed by atoms with Gasteiger partial charge in [-0.05, 0) is 37.6 Å². The molecule has 0 spiro atoms. The van der Waals surface area contributed by atoms with E-state index in [2.05, 4.69) is 9.71 Å². The summed E-state index contributed by atoms with van der Waals surface area (Å²) in [7, 11) is -3.96. The fourth-order valence-corrected chi connectivity index (χ4v) is 4.60. The minimum atomic E-state index is -3.96. The lowest BCUT2D eigenvalue weighted by Gasteiger charge is -2.06. The number of aryl methyl sites for hydroxylation is 2. The summed E-state index contributed by atoms with van der Waals surface area (Å²) in [4.78, 5) is 4.95. The molecule has 2 aromatic carbocycles. The lowest BCUT2D eigenvalue weighted by molar-refractivity contribution is 0.504. The third-order valence-corrected chi connectivity index (χ3v) is 6.48. The molecule has 3 aromatic rings. The quantitative estimate of drug-likeness (QED) is 0.706. The molecule has 1 N–H and O–H groups in total. The van der Waals surface area contributed by atoms with E-state index in [4.69, 9.17) is 0 Å². The van der Waals surface area contributed by atoms with Crippen molar-refractivity contribution in [3.05, 3.63) is 70.2 Å². The molecule has 0 unspecified atom stereocenters. The molecular weight excluding hydrogens is 378 g/mol. The van der Waals surface area contributed by atoms with Crippen molar-refractivity contribution in [1.82, 2.24) is 9.71 Å². The van der Waals surface area contributed by atoms with Crippen LogP contribution in [0.4, 0.5) is 8.78 Å². The monoisotopic (exact) mass is 394 g/mol. The number of nitrogens with zero attached hydrogens (tertiary/aromatic N) is 1. The van der Waals surface area contributed by atoms with Gasteiger partial charge in [0.15, 0.2) is 11.6 Å². The largest absolute Gasteiger partial charge is 0.241 e. The first-order chi connectivity index (χ1) is 12.3. The number of halogens is 2. The van der Waals surface area contributed by atoms with Crippen molar-refractivity contribution in [1.29, 1.82) is 0 Å². The first-order valence-corrected chi connectivity index (χ1v) is 10.0. The molecule has 0 aliphatic rings. The average Bonchev–Trinajstić information content (AvgIpc) is 2.96. The van der Waals surface area contributed by atoms with Gasteiger partial charge in [0.1, 0.15) is 5.01 Å². The van der Waals surface area contributed by atoms with Gasteiger partial charge in [0, 0.05) is 17.0 Å². The van der Waals surface area contributed by atoms with E-state index in [1.54, 1.807) is 6.92 Å². The first-order valence-electron chi connectivity index (χ1n) is 7.75. The Morgan fingerprint density at radius 3 is 2.50 bits per heavy atom. The van der Waals surface area contributed by atoms with Gasteiger partial charge in [-0.2, -0.15) is 0 Å². The lowest BCUT2D eigenvalue weighted by Crippen LogP contribution is -2.23. The minimum absolute atomic E-state index is 0.0245. The zero-order valence-corrected chi connectivity index (χ0v) is 15.7. The van der Waals surface area contributed by atoms with E-state index in [0.29, 0.717) is 6.07 Å². The summed E-state index contributed by atoms with van der Waals surface area (Å²) in [6, 6.07) is 10.3. The van der Waals surface area contributed by atoms with E-state index >= 15 is 0 Å². The molecule has 0 fully saturated rings. The van der Waals surface area contributed by atoms with E-state index in [0.717, 1.165) is 38.8 Å². The van der Waals surface area contributed by atoms with Crippen molar-refractivity contribution in [3.63, 3.8) is 0 Å². The van der Waals surface area contributed by atoms with Crippen LogP contribution >= 0.6 is 11.3 Å². The predicted octanol–water partition coefficient (Wildman–Crippen LogP) is 4.18. The second-order valence-corrected chi connectivity index (χ2v) is 8.59. The molecule has 0 saturated carbocycles. The van der Waals surface area contributed by atoms with Crippen molar-refractivity contribution < 1.29 is 17.2 Å². The molecule has 8 heteroatoms. The van der Waals surface area contributed by atoms with E-state index in [1.165, 1.54) is 11.3 Å². The molecule has 0 amide bonds. The van der Waals surface area contributed by atoms with E-state index in [1.807, 2.05) is 31.2 Å². The fraction of sp³-hybridized carbons (Fsp3) is 0.167. The SMILES string of the molecule is Cc1ccccc1-c1nc(C)c(CNS(=O)(=O)c2ccc(F)c(F)c2)s1. The molecule has 0 saturated heterocycles. The second-order valence-electron chi connectivity index (χ2n) is 5.74. The number of sulfonamides is 1. The molecule has 136 valence electrons. The topological polar surface area (TPSA) is 59.1 Å². The van der Waals surface area contributed by atoms with Gasteiger partial charge in [0.2, 0.25) is 10.0 Å². The van der Waals surface area contributed by atoms with Crippen molar-refractivity contribution in [3.8, 4) is 10.6 Å². The molecule has 0 atom stereocenters. The Balaban J connectivity index is 1.81. The summed E-state index contributed by atoms with van der Waals surface area (Å²) in [5.41, 5.74) is 2.80. The van der Waals surface area contributed by atoms with Crippen LogP contribution < -0.4 is 4.72 Å². The van der Waals surface area contributed by atoms with Crippen LogP contribution in [0.15, 0.2) is 47.4 Å². The molecular formula is C18H16F2N2O2S2. The maximum atomic E-state index is 13.3. The van der Waals surface area contributed by atoms with Gasteiger partial charge >= 0.3 is 0 Å². The Kier molecular flexibility index (Phi) is 5.17. The maximum absolute atomic E-state index is 13.3. The van der Waals surface area contributed by atoms with E-state index in [-0.39, 0.29) is 11.4 Å². The highest BCUT2D eigenvalue weighted by Crippen LogP contribution is 2.30. The summed E-state index contributed by atoms with van der Waals surface area (Å²) >= 11 is 1.40. The number of rotatable bonds is 5. The Hall–Kier alpha value is -2.16. The molecule has 3 rings (SSSR count). The van der Waals surface area contributed by atoms with Crippen molar-refractivity contribution in [2.45, 2.75) is 25.3 Å². The van der Waals surface area contributed by atoms with Crippen LogP contribution in [0.2, 0.25) is 0 Å². The molecule has 4 nitrogen and oxygen atoms in total. The molecule has 0 radical (unpaired) electrons.